The number of rotatable bonds is 9. The third-order valence-electron chi connectivity index (χ3n) is 5.44. The van der Waals surface area contributed by atoms with Gasteiger partial charge in [0, 0.05) is 12.5 Å². The molecule has 2 unspecified atom stereocenters. The van der Waals surface area contributed by atoms with Gasteiger partial charge in [0.05, 0.1) is 12.3 Å². The van der Waals surface area contributed by atoms with E-state index in [0.29, 0.717) is 24.2 Å². The number of hydrogen-bond acceptors (Lipinski definition) is 9. The topological polar surface area (TPSA) is 202 Å². The van der Waals surface area contributed by atoms with Crippen LogP contribution in [0.25, 0.3) is 0 Å². The van der Waals surface area contributed by atoms with Crippen LogP contribution in [-0.2, 0) is 20.1 Å². The molecule has 182 valence electrons. The van der Waals surface area contributed by atoms with Gasteiger partial charge in [-0.1, -0.05) is 22.0 Å². The second-order valence-electron chi connectivity index (χ2n) is 8.02. The number of nitriles is 1. The van der Waals surface area contributed by atoms with E-state index in [4.69, 9.17) is 0 Å². The Balaban J connectivity index is 1.66. The predicted molar refractivity (Wildman–Crippen MR) is 112 cm³/mol. The van der Waals surface area contributed by atoms with Gasteiger partial charge in [-0.25, -0.2) is 4.79 Å². The van der Waals surface area contributed by atoms with Crippen molar-refractivity contribution in [3.8, 4) is 6.07 Å². The third-order valence-corrected chi connectivity index (χ3v) is 5.73. The van der Waals surface area contributed by atoms with Gasteiger partial charge in [0.1, 0.15) is 12.1 Å². The molecule has 2 fully saturated rings. The molecule has 3 atom stereocenters. The van der Waals surface area contributed by atoms with Crippen LogP contribution in [0.1, 0.15) is 49.0 Å². The largest absolute Gasteiger partial charge is 0.474 e. The average molecular weight is 494 g/mol. The number of aromatic nitrogens is 2. The van der Waals surface area contributed by atoms with E-state index in [-0.39, 0.29) is 29.9 Å². The fourth-order valence-corrected chi connectivity index (χ4v) is 3.74. The molecule has 15 heteroatoms. The Hall–Kier alpha value is -3.80. The highest BCUT2D eigenvalue weighted by Crippen LogP contribution is 2.33. The Kier molecular flexibility index (Phi) is 8.30. The van der Waals surface area contributed by atoms with Gasteiger partial charge in [-0.2, -0.15) is 13.7 Å². The lowest BCUT2D eigenvalue weighted by molar-refractivity contribution is -0.128. The molecule has 3 N–H and O–H groups in total. The highest BCUT2D eigenvalue weighted by atomic mass is 32.2. The maximum atomic E-state index is 12.9. The molecule has 2 aliphatic rings. The molecule has 1 saturated heterocycles. The molecular formula is C19H23N7O7S. The van der Waals surface area contributed by atoms with Crippen LogP contribution >= 0.6 is 0 Å². The first-order chi connectivity index (χ1) is 16.3. The predicted octanol–water partition coefficient (Wildman–Crippen LogP) is -0.682. The Labute approximate surface area is 195 Å². The van der Waals surface area contributed by atoms with Gasteiger partial charge in [-0.3, -0.25) is 19.2 Å². The van der Waals surface area contributed by atoms with E-state index >= 15 is 0 Å². The summed E-state index contributed by atoms with van der Waals surface area (Å²) in [5, 5.41) is 21.0. The molecule has 4 amide bonds. The summed E-state index contributed by atoms with van der Waals surface area (Å²) >= 11 is 0. The van der Waals surface area contributed by atoms with Crippen molar-refractivity contribution in [2.45, 2.75) is 50.6 Å². The highest BCUT2D eigenvalue weighted by molar-refractivity contribution is 7.62. The van der Waals surface area contributed by atoms with Gasteiger partial charge in [0.15, 0.2) is 5.69 Å². The molecule has 1 aromatic heterocycles. The Bertz CT molecular complexity index is 1130. The van der Waals surface area contributed by atoms with Crippen LogP contribution in [-0.4, -0.2) is 60.8 Å². The maximum Gasteiger partial charge on any atom is 0.474 e. The number of nitrogens with zero attached hydrogens (tertiary/aromatic N) is 4. The van der Waals surface area contributed by atoms with Crippen LogP contribution in [0, 0.1) is 23.2 Å². The van der Waals surface area contributed by atoms with E-state index in [2.05, 4.69) is 30.2 Å². The minimum atomic E-state index is -3.05. The molecule has 2 heterocycles. The standard InChI is InChI=1S/C19H23N7O7S/c20-10-13(9-12-2-1-6-21-16(12)27)23-17(28)14(8-11-3-4-11)24-18(29)15-5-7-22-26(15)33-19(30)25-34(31)32/h5,7,11-14H,1-4,6,8-9H2,(H,21,27)(H,23,28)(H,24,29)/t12?,13-,14?/m0/s1. The zero-order valence-electron chi connectivity index (χ0n) is 18.0. The molecule has 1 aromatic rings. The second kappa shape index (κ2) is 11.4. The normalized spacial score (nSPS) is 19.0. The fraction of sp³-hybridized carbons (Fsp3) is 0.579. The van der Waals surface area contributed by atoms with Crippen LogP contribution in [0.15, 0.2) is 16.6 Å². The molecule has 0 radical (unpaired) electrons. The second-order valence-corrected chi connectivity index (χ2v) is 8.63. The molecule has 1 saturated carbocycles. The SMILES string of the molecule is N#C[C@H](CC1CCCNC1=O)NC(=O)C(CC1CC1)NC(=O)c1ccnn1OC(=O)N=S(=O)=O. The van der Waals surface area contributed by atoms with Gasteiger partial charge >= 0.3 is 16.6 Å². The summed E-state index contributed by atoms with van der Waals surface area (Å²) < 4.78 is 23.6. The molecular weight excluding hydrogens is 470 g/mol. The van der Waals surface area contributed by atoms with Crippen LogP contribution in [0.3, 0.4) is 0 Å². The van der Waals surface area contributed by atoms with Crippen molar-refractivity contribution in [1.29, 1.82) is 5.26 Å². The minimum absolute atomic E-state index is 0.154. The average Bonchev–Trinajstić information content (AvgIpc) is 3.48. The highest BCUT2D eigenvalue weighted by Gasteiger charge is 2.33. The lowest BCUT2D eigenvalue weighted by atomic mass is 9.92. The zero-order valence-corrected chi connectivity index (χ0v) is 18.8. The molecule has 1 aliphatic carbocycles. The molecule has 1 aliphatic heterocycles. The summed E-state index contributed by atoms with van der Waals surface area (Å²) in [6, 6.07) is 1.28. The van der Waals surface area contributed by atoms with Crippen molar-refractivity contribution in [2.75, 3.05) is 6.54 Å². The summed E-state index contributed by atoms with van der Waals surface area (Å²) in [6.45, 7) is 0.586. The van der Waals surface area contributed by atoms with Crippen molar-refractivity contribution < 1.29 is 32.4 Å². The summed E-state index contributed by atoms with van der Waals surface area (Å²) in [5.74, 6) is -1.70. The van der Waals surface area contributed by atoms with Gasteiger partial charge in [0.25, 0.3) is 5.91 Å². The van der Waals surface area contributed by atoms with E-state index in [1.807, 2.05) is 6.07 Å². The quantitative estimate of drug-likeness (QED) is 0.398. The molecule has 3 rings (SSSR count). The van der Waals surface area contributed by atoms with E-state index in [0.717, 1.165) is 25.5 Å². The third kappa shape index (κ3) is 7.10. The van der Waals surface area contributed by atoms with Crippen LogP contribution in [0.2, 0.25) is 0 Å². The first-order valence-electron chi connectivity index (χ1n) is 10.6. The number of carbonyl (C=O) groups is 4. The fourth-order valence-electron chi connectivity index (χ4n) is 3.59. The number of amides is 4. The van der Waals surface area contributed by atoms with Gasteiger partial charge < -0.3 is 16.0 Å². The Morgan fingerprint density at radius 2 is 2.06 bits per heavy atom. The summed E-state index contributed by atoms with van der Waals surface area (Å²) in [6.07, 6.45) is 3.31. The maximum absolute atomic E-state index is 12.9. The van der Waals surface area contributed by atoms with Crippen LogP contribution < -0.4 is 20.8 Å². The number of nitrogens with one attached hydrogen (secondary N) is 3. The summed E-state index contributed by atoms with van der Waals surface area (Å²) in [7, 11) is -3.05. The first kappa shape index (κ1) is 24.8. The van der Waals surface area contributed by atoms with Crippen molar-refractivity contribution in [3.05, 3.63) is 18.0 Å². The molecule has 0 aromatic carbocycles. The zero-order chi connectivity index (χ0) is 24.7. The molecule has 0 spiro atoms. The number of carbonyl (C=O) groups excluding carboxylic acids is 4. The monoisotopic (exact) mass is 493 g/mol. The smallest absolute Gasteiger partial charge is 0.356 e. The minimum Gasteiger partial charge on any atom is -0.356 e. The van der Waals surface area contributed by atoms with Gasteiger partial charge in [0.2, 0.25) is 11.8 Å². The molecule has 34 heavy (non-hydrogen) atoms. The molecule has 14 nitrogen and oxygen atoms in total. The van der Waals surface area contributed by atoms with E-state index < -0.39 is 40.5 Å². The lowest BCUT2D eigenvalue weighted by Crippen LogP contribution is -2.51. The van der Waals surface area contributed by atoms with Crippen LogP contribution in [0.4, 0.5) is 4.79 Å². The van der Waals surface area contributed by atoms with Gasteiger partial charge in [-0.15, -0.1) is 5.10 Å². The summed E-state index contributed by atoms with van der Waals surface area (Å²) in [5.41, 5.74) is -0.274. The molecule has 0 bridgehead atoms. The van der Waals surface area contributed by atoms with E-state index in [9.17, 15) is 32.9 Å². The van der Waals surface area contributed by atoms with Crippen molar-refractivity contribution in [1.82, 2.24) is 25.9 Å². The van der Waals surface area contributed by atoms with Crippen LogP contribution in [0.5, 0.6) is 0 Å². The summed E-state index contributed by atoms with van der Waals surface area (Å²) in [4.78, 5) is 54.2. The van der Waals surface area contributed by atoms with E-state index in [1.54, 1.807) is 0 Å². The van der Waals surface area contributed by atoms with Crippen molar-refractivity contribution >= 4 is 34.3 Å². The lowest BCUT2D eigenvalue weighted by Gasteiger charge is -2.25. The Morgan fingerprint density at radius 1 is 1.29 bits per heavy atom. The first-order valence-corrected chi connectivity index (χ1v) is 11.7. The Morgan fingerprint density at radius 3 is 2.71 bits per heavy atom. The van der Waals surface area contributed by atoms with Crippen molar-refractivity contribution in [3.63, 3.8) is 0 Å². The number of piperidine rings is 1. The van der Waals surface area contributed by atoms with Gasteiger partial charge in [-0.05, 0) is 37.7 Å². The van der Waals surface area contributed by atoms with Crippen molar-refractivity contribution in [2.24, 2.45) is 16.2 Å². The van der Waals surface area contributed by atoms with E-state index in [1.165, 1.54) is 6.07 Å². The number of hydrogen-bond donors (Lipinski definition) is 3.